The highest BCUT2D eigenvalue weighted by Crippen LogP contribution is 2.23. The number of nitrogens with zero attached hydrogens (tertiary/aromatic N) is 3. The van der Waals surface area contributed by atoms with Gasteiger partial charge in [0.25, 0.3) is 0 Å². The highest BCUT2D eigenvalue weighted by molar-refractivity contribution is 5.68. The van der Waals surface area contributed by atoms with Gasteiger partial charge in [0.15, 0.2) is 0 Å². The molecule has 1 heterocycles. The van der Waals surface area contributed by atoms with Gasteiger partial charge >= 0.3 is 0 Å². The summed E-state index contributed by atoms with van der Waals surface area (Å²) in [5, 5.41) is 12.1. The molecule has 0 atom stereocenters. The van der Waals surface area contributed by atoms with Crippen LogP contribution in [0.5, 0.6) is 0 Å². The predicted octanol–water partition coefficient (Wildman–Crippen LogP) is 2.40. The van der Waals surface area contributed by atoms with Crippen LogP contribution in [0.3, 0.4) is 0 Å². The third kappa shape index (κ3) is 1.98. The molecular weight excluding hydrogens is 200 g/mol. The standard InChI is InChI=1S/C12H10N4/c1-9-3-2-4-10(5-13)12(9)16-11-6-14-8-15-7-11/h2-4,6-8,16H,1H3. The molecule has 0 saturated heterocycles. The Hall–Kier alpha value is -2.41. The number of aryl methyl sites for hydroxylation is 1. The number of nitriles is 1. The van der Waals surface area contributed by atoms with Crippen LogP contribution in [0.2, 0.25) is 0 Å². The van der Waals surface area contributed by atoms with Crippen LogP contribution in [-0.4, -0.2) is 9.97 Å². The van der Waals surface area contributed by atoms with Crippen LogP contribution >= 0.6 is 0 Å². The third-order valence-electron chi connectivity index (χ3n) is 2.22. The molecular formula is C12H10N4. The van der Waals surface area contributed by atoms with Crippen molar-refractivity contribution in [2.24, 2.45) is 0 Å². The van der Waals surface area contributed by atoms with E-state index in [0.717, 1.165) is 16.9 Å². The smallest absolute Gasteiger partial charge is 0.115 e. The molecule has 4 nitrogen and oxygen atoms in total. The molecule has 0 spiro atoms. The fourth-order valence-corrected chi connectivity index (χ4v) is 1.43. The number of aromatic nitrogens is 2. The molecule has 0 aliphatic carbocycles. The second kappa shape index (κ2) is 4.41. The maximum absolute atomic E-state index is 9.00. The van der Waals surface area contributed by atoms with E-state index in [2.05, 4.69) is 21.4 Å². The van der Waals surface area contributed by atoms with Gasteiger partial charge in [-0.05, 0) is 18.6 Å². The molecule has 2 rings (SSSR count). The molecule has 0 bridgehead atoms. The van der Waals surface area contributed by atoms with Crippen LogP contribution in [0.1, 0.15) is 11.1 Å². The summed E-state index contributed by atoms with van der Waals surface area (Å²) >= 11 is 0. The largest absolute Gasteiger partial charge is 0.352 e. The number of para-hydroxylation sites is 1. The van der Waals surface area contributed by atoms with E-state index in [1.807, 2.05) is 19.1 Å². The van der Waals surface area contributed by atoms with Gasteiger partial charge in [0.1, 0.15) is 12.4 Å². The van der Waals surface area contributed by atoms with E-state index in [4.69, 9.17) is 5.26 Å². The monoisotopic (exact) mass is 210 g/mol. The normalized spacial score (nSPS) is 9.50. The van der Waals surface area contributed by atoms with Crippen LogP contribution < -0.4 is 5.32 Å². The van der Waals surface area contributed by atoms with Gasteiger partial charge in [-0.15, -0.1) is 0 Å². The van der Waals surface area contributed by atoms with Gasteiger partial charge in [-0.3, -0.25) is 0 Å². The second-order valence-electron chi connectivity index (χ2n) is 3.36. The Balaban J connectivity index is 2.39. The third-order valence-corrected chi connectivity index (χ3v) is 2.22. The van der Waals surface area contributed by atoms with E-state index >= 15 is 0 Å². The molecule has 0 saturated carbocycles. The summed E-state index contributed by atoms with van der Waals surface area (Å²) in [4.78, 5) is 7.82. The van der Waals surface area contributed by atoms with E-state index in [1.54, 1.807) is 18.5 Å². The van der Waals surface area contributed by atoms with Crippen molar-refractivity contribution >= 4 is 11.4 Å². The first-order chi connectivity index (χ1) is 7.81. The molecule has 0 fully saturated rings. The first-order valence-corrected chi connectivity index (χ1v) is 4.83. The number of nitrogens with one attached hydrogen (secondary N) is 1. The summed E-state index contributed by atoms with van der Waals surface area (Å²) in [6, 6.07) is 7.74. The van der Waals surface area contributed by atoms with E-state index < -0.39 is 0 Å². The van der Waals surface area contributed by atoms with Gasteiger partial charge in [-0.2, -0.15) is 5.26 Å². The summed E-state index contributed by atoms with van der Waals surface area (Å²) in [7, 11) is 0. The van der Waals surface area contributed by atoms with E-state index in [1.165, 1.54) is 6.33 Å². The molecule has 0 aliphatic rings. The summed E-state index contributed by atoms with van der Waals surface area (Å²) in [5.74, 6) is 0. The fraction of sp³-hybridized carbons (Fsp3) is 0.0833. The molecule has 1 aromatic heterocycles. The highest BCUT2D eigenvalue weighted by atomic mass is 14.9. The average Bonchev–Trinajstić information content (AvgIpc) is 2.33. The van der Waals surface area contributed by atoms with Crippen molar-refractivity contribution in [1.29, 1.82) is 5.26 Å². The molecule has 2 aromatic rings. The van der Waals surface area contributed by atoms with Crippen LogP contribution in [0.4, 0.5) is 11.4 Å². The zero-order valence-corrected chi connectivity index (χ0v) is 8.81. The van der Waals surface area contributed by atoms with Gasteiger partial charge in [0.05, 0.1) is 29.3 Å². The molecule has 78 valence electrons. The molecule has 0 aliphatic heterocycles. The van der Waals surface area contributed by atoms with Crippen molar-refractivity contribution in [2.75, 3.05) is 5.32 Å². The van der Waals surface area contributed by atoms with Crippen LogP contribution in [-0.2, 0) is 0 Å². The van der Waals surface area contributed by atoms with Crippen molar-refractivity contribution in [1.82, 2.24) is 9.97 Å². The number of hydrogen-bond donors (Lipinski definition) is 1. The van der Waals surface area contributed by atoms with Gasteiger partial charge in [0.2, 0.25) is 0 Å². The van der Waals surface area contributed by atoms with Crippen molar-refractivity contribution in [3.8, 4) is 6.07 Å². The highest BCUT2D eigenvalue weighted by Gasteiger charge is 2.04. The van der Waals surface area contributed by atoms with Gasteiger partial charge in [-0.1, -0.05) is 12.1 Å². The molecule has 1 N–H and O–H groups in total. The Morgan fingerprint density at radius 1 is 1.25 bits per heavy atom. The number of anilines is 2. The summed E-state index contributed by atoms with van der Waals surface area (Å²) < 4.78 is 0. The Bertz CT molecular complexity index is 528. The van der Waals surface area contributed by atoms with Gasteiger partial charge < -0.3 is 5.32 Å². The predicted molar refractivity (Wildman–Crippen MR) is 61.2 cm³/mol. The minimum Gasteiger partial charge on any atom is -0.352 e. The Kier molecular flexibility index (Phi) is 2.79. The van der Waals surface area contributed by atoms with Crippen molar-refractivity contribution in [2.45, 2.75) is 6.92 Å². The topological polar surface area (TPSA) is 61.6 Å². The van der Waals surface area contributed by atoms with Gasteiger partial charge in [0, 0.05) is 0 Å². The van der Waals surface area contributed by atoms with Crippen LogP contribution in [0, 0.1) is 18.3 Å². The lowest BCUT2D eigenvalue weighted by Crippen LogP contribution is -1.97. The minimum atomic E-state index is 0.615. The van der Waals surface area contributed by atoms with Gasteiger partial charge in [-0.25, -0.2) is 9.97 Å². The van der Waals surface area contributed by atoms with Crippen molar-refractivity contribution in [3.63, 3.8) is 0 Å². The maximum atomic E-state index is 9.00. The molecule has 1 aromatic carbocycles. The molecule has 16 heavy (non-hydrogen) atoms. The lowest BCUT2D eigenvalue weighted by Gasteiger charge is -2.10. The minimum absolute atomic E-state index is 0.615. The lowest BCUT2D eigenvalue weighted by molar-refractivity contribution is 1.17. The lowest BCUT2D eigenvalue weighted by atomic mass is 10.1. The number of rotatable bonds is 2. The first kappa shape index (κ1) is 10.1. The van der Waals surface area contributed by atoms with E-state index in [-0.39, 0.29) is 0 Å². The van der Waals surface area contributed by atoms with Crippen molar-refractivity contribution in [3.05, 3.63) is 48.0 Å². The number of hydrogen-bond acceptors (Lipinski definition) is 4. The van der Waals surface area contributed by atoms with Crippen LogP contribution in [0.15, 0.2) is 36.9 Å². The molecule has 0 unspecified atom stereocenters. The molecule has 0 radical (unpaired) electrons. The van der Waals surface area contributed by atoms with Crippen LogP contribution in [0.25, 0.3) is 0 Å². The fourth-order valence-electron chi connectivity index (χ4n) is 1.43. The average molecular weight is 210 g/mol. The quantitative estimate of drug-likeness (QED) is 0.826. The summed E-state index contributed by atoms with van der Waals surface area (Å²) in [6.07, 6.45) is 4.80. The van der Waals surface area contributed by atoms with E-state index in [9.17, 15) is 0 Å². The maximum Gasteiger partial charge on any atom is 0.115 e. The van der Waals surface area contributed by atoms with E-state index in [0.29, 0.717) is 5.56 Å². The zero-order chi connectivity index (χ0) is 11.4. The van der Waals surface area contributed by atoms with Crippen molar-refractivity contribution < 1.29 is 0 Å². The summed E-state index contributed by atoms with van der Waals surface area (Å²) in [5.41, 5.74) is 3.21. The first-order valence-electron chi connectivity index (χ1n) is 4.83. The molecule has 4 heteroatoms. The summed E-state index contributed by atoms with van der Waals surface area (Å²) in [6.45, 7) is 1.95. The Labute approximate surface area is 93.6 Å². The molecule has 0 amide bonds. The number of benzene rings is 1. The second-order valence-corrected chi connectivity index (χ2v) is 3.36. The zero-order valence-electron chi connectivity index (χ0n) is 8.81. The SMILES string of the molecule is Cc1cccc(C#N)c1Nc1cncnc1. The Morgan fingerprint density at radius 3 is 2.69 bits per heavy atom. The Morgan fingerprint density at radius 2 is 2.00 bits per heavy atom.